The molecular formula is C11H6Cl2FNOS. The summed E-state index contributed by atoms with van der Waals surface area (Å²) in [4.78, 5) is 12.2. The Balaban J connectivity index is 2.18. The van der Waals surface area contributed by atoms with E-state index in [2.05, 4.69) is 5.32 Å². The molecule has 0 aliphatic carbocycles. The van der Waals surface area contributed by atoms with Gasteiger partial charge in [0.25, 0.3) is 5.91 Å². The standard InChI is InChI=1S/C11H6Cl2FNOS/c12-7-5-6(14)1-2-8(7)15-11(16)9-3-4-10(13)17-9/h1-5H,(H,15,16). The maximum absolute atomic E-state index is 12.8. The summed E-state index contributed by atoms with van der Waals surface area (Å²) in [5, 5.41) is 2.73. The maximum Gasteiger partial charge on any atom is 0.265 e. The van der Waals surface area contributed by atoms with Gasteiger partial charge in [0.15, 0.2) is 0 Å². The van der Waals surface area contributed by atoms with E-state index in [1.165, 1.54) is 12.1 Å². The van der Waals surface area contributed by atoms with Crippen molar-refractivity contribution in [3.63, 3.8) is 0 Å². The minimum Gasteiger partial charge on any atom is -0.320 e. The van der Waals surface area contributed by atoms with Gasteiger partial charge in [-0.15, -0.1) is 11.3 Å². The van der Waals surface area contributed by atoms with E-state index >= 15 is 0 Å². The third-order valence-corrected chi connectivity index (χ3v) is 3.52. The molecule has 0 aliphatic heterocycles. The van der Waals surface area contributed by atoms with Gasteiger partial charge in [0, 0.05) is 0 Å². The van der Waals surface area contributed by atoms with Crippen LogP contribution >= 0.6 is 34.5 Å². The molecule has 1 N–H and O–H groups in total. The highest BCUT2D eigenvalue weighted by Gasteiger charge is 2.11. The van der Waals surface area contributed by atoms with Crippen LogP contribution in [0.2, 0.25) is 9.36 Å². The number of hydrogen-bond donors (Lipinski definition) is 1. The van der Waals surface area contributed by atoms with E-state index in [1.54, 1.807) is 12.1 Å². The molecule has 1 aromatic carbocycles. The van der Waals surface area contributed by atoms with Gasteiger partial charge in [-0.1, -0.05) is 23.2 Å². The maximum atomic E-state index is 12.8. The quantitative estimate of drug-likeness (QED) is 0.870. The van der Waals surface area contributed by atoms with Gasteiger partial charge >= 0.3 is 0 Å². The van der Waals surface area contributed by atoms with Crippen LogP contribution in [0.25, 0.3) is 0 Å². The van der Waals surface area contributed by atoms with Crippen molar-refractivity contribution in [1.82, 2.24) is 0 Å². The topological polar surface area (TPSA) is 29.1 Å². The fourth-order valence-electron chi connectivity index (χ4n) is 1.21. The molecule has 1 aromatic heterocycles. The number of nitrogens with one attached hydrogen (secondary N) is 1. The van der Waals surface area contributed by atoms with Crippen molar-refractivity contribution in [2.24, 2.45) is 0 Å². The van der Waals surface area contributed by atoms with E-state index in [-0.39, 0.29) is 10.9 Å². The molecule has 0 saturated heterocycles. The summed E-state index contributed by atoms with van der Waals surface area (Å²) >= 11 is 12.7. The first-order valence-corrected chi connectivity index (χ1v) is 6.15. The Kier molecular flexibility index (Phi) is 3.66. The fourth-order valence-corrected chi connectivity index (χ4v) is 2.36. The molecule has 0 spiro atoms. The number of halogens is 3. The third-order valence-electron chi connectivity index (χ3n) is 1.98. The van der Waals surface area contributed by atoms with Crippen LogP contribution in [0.4, 0.5) is 10.1 Å². The molecule has 1 heterocycles. The highest BCUT2D eigenvalue weighted by Crippen LogP contribution is 2.25. The number of amides is 1. The van der Waals surface area contributed by atoms with E-state index in [0.717, 1.165) is 17.4 Å². The molecule has 2 aromatic rings. The number of thiophene rings is 1. The van der Waals surface area contributed by atoms with Crippen molar-refractivity contribution in [1.29, 1.82) is 0 Å². The SMILES string of the molecule is O=C(Nc1ccc(F)cc1Cl)c1ccc(Cl)s1. The van der Waals surface area contributed by atoms with Crippen molar-refractivity contribution in [3.05, 3.63) is 50.4 Å². The lowest BCUT2D eigenvalue weighted by molar-refractivity contribution is 0.103. The van der Waals surface area contributed by atoms with Gasteiger partial charge in [0.05, 0.1) is 19.9 Å². The molecule has 1 amide bonds. The Labute approximate surface area is 111 Å². The summed E-state index contributed by atoms with van der Waals surface area (Å²) in [7, 11) is 0. The molecule has 0 fully saturated rings. The number of carbonyl (C=O) groups excluding carboxylic acids is 1. The van der Waals surface area contributed by atoms with Gasteiger partial charge in [-0.05, 0) is 30.3 Å². The zero-order chi connectivity index (χ0) is 12.4. The second-order valence-electron chi connectivity index (χ2n) is 3.18. The summed E-state index contributed by atoms with van der Waals surface area (Å²) in [6.45, 7) is 0. The van der Waals surface area contributed by atoms with E-state index in [4.69, 9.17) is 23.2 Å². The van der Waals surface area contributed by atoms with E-state index in [0.29, 0.717) is 14.9 Å². The predicted molar refractivity (Wildman–Crippen MR) is 68.7 cm³/mol. The van der Waals surface area contributed by atoms with Crippen LogP contribution in [0.3, 0.4) is 0 Å². The van der Waals surface area contributed by atoms with Crippen LogP contribution in [0.5, 0.6) is 0 Å². The lowest BCUT2D eigenvalue weighted by Gasteiger charge is -2.05. The molecular weight excluding hydrogens is 284 g/mol. The van der Waals surface area contributed by atoms with Crippen molar-refractivity contribution in [2.75, 3.05) is 5.32 Å². The van der Waals surface area contributed by atoms with Crippen LogP contribution in [-0.2, 0) is 0 Å². The Morgan fingerprint density at radius 1 is 1.24 bits per heavy atom. The third kappa shape index (κ3) is 2.97. The average molecular weight is 290 g/mol. The van der Waals surface area contributed by atoms with Gasteiger partial charge in [-0.2, -0.15) is 0 Å². The fraction of sp³-hybridized carbons (Fsp3) is 0. The zero-order valence-electron chi connectivity index (χ0n) is 8.34. The van der Waals surface area contributed by atoms with Gasteiger partial charge in [0.1, 0.15) is 5.82 Å². The Hall–Kier alpha value is -1.10. The van der Waals surface area contributed by atoms with Crippen LogP contribution in [0.15, 0.2) is 30.3 Å². The van der Waals surface area contributed by atoms with Crippen LogP contribution in [-0.4, -0.2) is 5.91 Å². The number of hydrogen-bond acceptors (Lipinski definition) is 2. The molecule has 88 valence electrons. The number of anilines is 1. The number of carbonyl (C=O) groups is 1. The largest absolute Gasteiger partial charge is 0.320 e. The normalized spacial score (nSPS) is 10.3. The van der Waals surface area contributed by atoms with E-state index in [1.807, 2.05) is 0 Å². The first-order chi connectivity index (χ1) is 8.06. The lowest BCUT2D eigenvalue weighted by Crippen LogP contribution is -2.10. The Morgan fingerprint density at radius 3 is 2.59 bits per heavy atom. The van der Waals surface area contributed by atoms with E-state index < -0.39 is 5.82 Å². The highest BCUT2D eigenvalue weighted by molar-refractivity contribution is 7.18. The van der Waals surface area contributed by atoms with Crippen LogP contribution < -0.4 is 5.32 Å². The van der Waals surface area contributed by atoms with E-state index in [9.17, 15) is 9.18 Å². The second-order valence-corrected chi connectivity index (χ2v) is 5.30. The van der Waals surface area contributed by atoms with Gasteiger partial charge in [-0.25, -0.2) is 4.39 Å². The first kappa shape index (κ1) is 12.4. The summed E-state index contributed by atoms with van der Waals surface area (Å²) in [6.07, 6.45) is 0. The van der Waals surface area contributed by atoms with Crippen LogP contribution in [0, 0.1) is 5.82 Å². The smallest absolute Gasteiger partial charge is 0.265 e. The van der Waals surface area contributed by atoms with Gasteiger partial charge in [-0.3, -0.25) is 4.79 Å². The molecule has 17 heavy (non-hydrogen) atoms. The van der Waals surface area contributed by atoms with Gasteiger partial charge in [0.2, 0.25) is 0 Å². The highest BCUT2D eigenvalue weighted by atomic mass is 35.5. The number of benzene rings is 1. The molecule has 0 atom stereocenters. The monoisotopic (exact) mass is 289 g/mol. The molecule has 0 aliphatic rings. The molecule has 0 saturated carbocycles. The zero-order valence-corrected chi connectivity index (χ0v) is 10.7. The average Bonchev–Trinajstić information content (AvgIpc) is 2.69. The molecule has 0 radical (unpaired) electrons. The molecule has 2 rings (SSSR count). The minimum atomic E-state index is -0.452. The Morgan fingerprint density at radius 2 is 2.00 bits per heavy atom. The molecule has 6 heteroatoms. The van der Waals surface area contributed by atoms with Crippen LogP contribution in [0.1, 0.15) is 9.67 Å². The summed E-state index contributed by atoms with van der Waals surface area (Å²) in [5.74, 6) is -0.775. The second kappa shape index (κ2) is 5.04. The summed E-state index contributed by atoms with van der Waals surface area (Å²) in [6, 6.07) is 7.01. The predicted octanol–water partition coefficient (Wildman–Crippen LogP) is 4.45. The number of rotatable bonds is 2. The van der Waals surface area contributed by atoms with Gasteiger partial charge < -0.3 is 5.32 Å². The summed E-state index contributed by atoms with van der Waals surface area (Å²) in [5.41, 5.74) is 0.364. The van der Waals surface area contributed by atoms with Crippen molar-refractivity contribution >= 4 is 46.1 Å². The molecule has 0 unspecified atom stereocenters. The van der Waals surface area contributed by atoms with Crippen molar-refractivity contribution in [3.8, 4) is 0 Å². The summed E-state index contributed by atoms with van der Waals surface area (Å²) < 4.78 is 13.3. The van der Waals surface area contributed by atoms with Crippen molar-refractivity contribution < 1.29 is 9.18 Å². The molecule has 2 nitrogen and oxygen atoms in total. The Bertz CT molecular complexity index is 570. The lowest BCUT2D eigenvalue weighted by atomic mass is 10.3. The first-order valence-electron chi connectivity index (χ1n) is 4.58. The van der Waals surface area contributed by atoms with Crippen molar-refractivity contribution in [2.45, 2.75) is 0 Å². The molecule has 0 bridgehead atoms. The minimum absolute atomic E-state index is 0.154.